The van der Waals surface area contributed by atoms with Gasteiger partial charge in [-0.1, -0.05) is 23.7 Å². The van der Waals surface area contributed by atoms with Gasteiger partial charge in [-0.2, -0.15) is 0 Å². The van der Waals surface area contributed by atoms with Crippen molar-refractivity contribution in [3.63, 3.8) is 0 Å². The molecule has 232 valence electrons. The fraction of sp³-hybridized carbons (Fsp3) is 0.407. The summed E-state index contributed by atoms with van der Waals surface area (Å²) in [6.07, 6.45) is -1.35. The van der Waals surface area contributed by atoms with Crippen molar-refractivity contribution >= 4 is 51.2 Å². The maximum atomic E-state index is 13.2. The van der Waals surface area contributed by atoms with Gasteiger partial charge in [-0.25, -0.2) is 23.1 Å². The number of carboxylic acids is 1. The first-order chi connectivity index (χ1) is 20.3. The van der Waals surface area contributed by atoms with Crippen LogP contribution in [-0.4, -0.2) is 85.6 Å². The molecule has 5 N–H and O–H groups in total. The average molecular weight is 638 g/mol. The molecular formula is C27H32ClN5O9S. The highest BCUT2D eigenvalue weighted by atomic mass is 35.5. The monoisotopic (exact) mass is 637 g/mol. The molecule has 2 aromatic rings. The largest absolute Gasteiger partial charge is 0.488 e. The third-order valence-electron chi connectivity index (χ3n) is 7.03. The molecule has 1 fully saturated rings. The fourth-order valence-electron chi connectivity index (χ4n) is 4.96. The van der Waals surface area contributed by atoms with Gasteiger partial charge in [-0.05, 0) is 43.7 Å². The molecule has 2 aliphatic rings. The summed E-state index contributed by atoms with van der Waals surface area (Å²) in [5.74, 6) is -1.80. The van der Waals surface area contributed by atoms with Gasteiger partial charge in [0.2, 0.25) is 10.0 Å². The van der Waals surface area contributed by atoms with Crippen LogP contribution in [0.1, 0.15) is 48.8 Å². The second-order valence-electron chi connectivity index (χ2n) is 9.90. The Labute approximate surface area is 253 Å². The van der Waals surface area contributed by atoms with Gasteiger partial charge >= 0.3 is 18.0 Å². The average Bonchev–Trinajstić information content (AvgIpc) is 3.36. The van der Waals surface area contributed by atoms with Crippen molar-refractivity contribution < 1.29 is 42.2 Å². The quantitative estimate of drug-likeness (QED) is 0.280. The van der Waals surface area contributed by atoms with Gasteiger partial charge in [0, 0.05) is 19.5 Å². The van der Waals surface area contributed by atoms with Crippen LogP contribution in [0.4, 0.5) is 10.5 Å². The van der Waals surface area contributed by atoms with Crippen molar-refractivity contribution in [2.24, 2.45) is 5.14 Å². The highest BCUT2D eigenvalue weighted by Gasteiger charge is 2.42. The summed E-state index contributed by atoms with van der Waals surface area (Å²) in [7, 11) is -4.15. The van der Waals surface area contributed by atoms with E-state index >= 15 is 0 Å². The summed E-state index contributed by atoms with van der Waals surface area (Å²) in [5, 5.41) is 20.7. The molecule has 3 amide bonds. The molecule has 0 radical (unpaired) electrons. The number of primary sulfonamides is 1. The number of fused-ring (bicyclic) bond motifs is 1. The zero-order chi connectivity index (χ0) is 31.5. The predicted molar refractivity (Wildman–Crippen MR) is 154 cm³/mol. The lowest BCUT2D eigenvalue weighted by Crippen LogP contribution is -2.48. The maximum Gasteiger partial charge on any atom is 0.326 e. The number of sulfonamides is 1. The van der Waals surface area contributed by atoms with Crippen molar-refractivity contribution in [2.45, 2.75) is 49.9 Å². The van der Waals surface area contributed by atoms with Crippen LogP contribution in [0, 0.1) is 0 Å². The SMILES string of the molecule is CCOC(=O)CCN(CC)C(=O)N1CC(Oc2cccc(C3NC(=O)c4cc(S(N)(=O)=O)c(Cl)cc4N3)c2)C[C@H]1C(=O)O. The fourth-order valence-corrected chi connectivity index (χ4v) is 6.06. The molecular weight excluding hydrogens is 606 g/mol. The zero-order valence-corrected chi connectivity index (χ0v) is 25.0. The molecule has 1 saturated heterocycles. The molecule has 14 nitrogen and oxygen atoms in total. The number of carboxylic acid groups (broad SMARTS) is 1. The second-order valence-corrected chi connectivity index (χ2v) is 11.8. The summed E-state index contributed by atoms with van der Waals surface area (Å²) < 4.78 is 34.6. The van der Waals surface area contributed by atoms with E-state index in [0.29, 0.717) is 17.0 Å². The van der Waals surface area contributed by atoms with Crippen LogP contribution >= 0.6 is 11.6 Å². The smallest absolute Gasteiger partial charge is 0.326 e. The molecule has 43 heavy (non-hydrogen) atoms. The topological polar surface area (TPSA) is 198 Å². The number of nitrogens with two attached hydrogens (primary N) is 1. The lowest BCUT2D eigenvalue weighted by molar-refractivity contribution is -0.144. The number of urea groups is 1. The maximum absolute atomic E-state index is 13.2. The summed E-state index contributed by atoms with van der Waals surface area (Å²) >= 11 is 6.10. The number of esters is 1. The first-order valence-electron chi connectivity index (χ1n) is 13.5. The normalized spacial score (nSPS) is 19.6. The Balaban J connectivity index is 1.47. The number of rotatable bonds is 10. The van der Waals surface area contributed by atoms with Crippen LogP contribution in [-0.2, 0) is 24.3 Å². The molecule has 0 aromatic heterocycles. The summed E-state index contributed by atoms with van der Waals surface area (Å²) in [6, 6.07) is 7.50. The summed E-state index contributed by atoms with van der Waals surface area (Å²) in [4.78, 5) is 52.1. The highest BCUT2D eigenvalue weighted by molar-refractivity contribution is 7.89. The van der Waals surface area contributed by atoms with E-state index < -0.39 is 52.2 Å². The van der Waals surface area contributed by atoms with E-state index in [2.05, 4.69) is 10.6 Å². The third kappa shape index (κ3) is 7.29. The Kier molecular flexibility index (Phi) is 9.67. The molecule has 0 bridgehead atoms. The number of hydrogen-bond donors (Lipinski definition) is 4. The van der Waals surface area contributed by atoms with Gasteiger partial charge in [0.05, 0.1) is 35.8 Å². The molecule has 2 unspecified atom stereocenters. The molecule has 0 spiro atoms. The van der Waals surface area contributed by atoms with Crippen LogP contribution < -0.4 is 20.5 Å². The minimum Gasteiger partial charge on any atom is -0.488 e. The van der Waals surface area contributed by atoms with Crippen LogP contribution in [0.5, 0.6) is 5.75 Å². The van der Waals surface area contributed by atoms with Gasteiger partial charge < -0.3 is 35.0 Å². The van der Waals surface area contributed by atoms with Gasteiger partial charge in [0.25, 0.3) is 5.91 Å². The Bertz CT molecular complexity index is 1540. The number of benzene rings is 2. The van der Waals surface area contributed by atoms with E-state index in [1.807, 2.05) is 0 Å². The Morgan fingerprint density at radius 1 is 1.19 bits per heavy atom. The number of carbonyl (C=O) groups excluding carboxylic acids is 3. The molecule has 2 heterocycles. The van der Waals surface area contributed by atoms with E-state index in [9.17, 15) is 32.7 Å². The number of carbonyl (C=O) groups is 4. The number of hydrogen-bond acceptors (Lipinski definition) is 9. The van der Waals surface area contributed by atoms with E-state index in [1.165, 1.54) is 15.9 Å². The number of likely N-dealkylation sites (tertiary alicyclic amines) is 1. The lowest BCUT2D eigenvalue weighted by Gasteiger charge is -2.29. The van der Waals surface area contributed by atoms with Crippen LogP contribution in [0.3, 0.4) is 0 Å². The lowest BCUT2D eigenvalue weighted by atomic mass is 10.1. The second kappa shape index (κ2) is 13.1. The molecule has 16 heteroatoms. The third-order valence-corrected chi connectivity index (χ3v) is 8.41. The number of ether oxygens (including phenoxy) is 2. The van der Waals surface area contributed by atoms with Gasteiger partial charge in [-0.3, -0.25) is 9.59 Å². The van der Waals surface area contributed by atoms with Gasteiger partial charge in [0.1, 0.15) is 29.0 Å². The molecule has 0 aliphatic carbocycles. The molecule has 3 atom stereocenters. The summed E-state index contributed by atoms with van der Waals surface area (Å²) in [6.45, 7) is 4.00. The van der Waals surface area contributed by atoms with Gasteiger partial charge in [0.15, 0.2) is 0 Å². The minimum absolute atomic E-state index is 0.00655. The van der Waals surface area contributed by atoms with Crippen LogP contribution in [0.25, 0.3) is 0 Å². The first kappa shape index (κ1) is 31.8. The molecule has 2 aromatic carbocycles. The Hall–Kier alpha value is -4.08. The van der Waals surface area contributed by atoms with E-state index in [0.717, 1.165) is 6.07 Å². The van der Waals surface area contributed by atoms with Crippen LogP contribution in [0.2, 0.25) is 5.02 Å². The predicted octanol–water partition coefficient (Wildman–Crippen LogP) is 2.14. The van der Waals surface area contributed by atoms with Crippen molar-refractivity contribution in [3.8, 4) is 5.75 Å². The van der Waals surface area contributed by atoms with Crippen molar-refractivity contribution in [1.29, 1.82) is 0 Å². The number of aliphatic carboxylic acids is 1. The minimum atomic E-state index is -4.15. The number of anilines is 1. The van der Waals surface area contributed by atoms with Crippen molar-refractivity contribution in [1.82, 2.24) is 15.1 Å². The zero-order valence-electron chi connectivity index (χ0n) is 23.4. The standard InChI is InChI=1S/C27H32ClN5O9S/c1-3-32(9-8-23(34)41-4-2)27(38)33-14-17(11-21(33)26(36)37)42-16-7-5-6-15(10-16)24-30-20-13-19(28)22(43(29,39)40)12-18(20)25(35)31-24/h5-7,10,12-13,17,21,24,30H,3-4,8-9,11,14H2,1-2H3,(H,31,35)(H,36,37)(H2,29,39,40)/t17?,21-,24?/m0/s1. The molecule has 0 saturated carbocycles. The number of nitrogens with one attached hydrogen (secondary N) is 2. The van der Waals surface area contributed by atoms with E-state index in [1.54, 1.807) is 38.1 Å². The van der Waals surface area contributed by atoms with E-state index in [-0.39, 0.29) is 54.6 Å². The Morgan fingerprint density at radius 3 is 2.58 bits per heavy atom. The summed E-state index contributed by atoms with van der Waals surface area (Å²) in [5.41, 5.74) is 0.936. The number of amides is 3. The van der Waals surface area contributed by atoms with E-state index in [4.69, 9.17) is 26.2 Å². The van der Waals surface area contributed by atoms with Crippen molar-refractivity contribution in [3.05, 3.63) is 52.5 Å². The first-order valence-corrected chi connectivity index (χ1v) is 15.4. The molecule has 4 rings (SSSR count). The molecule has 2 aliphatic heterocycles. The van der Waals surface area contributed by atoms with Gasteiger partial charge in [-0.15, -0.1) is 0 Å². The Morgan fingerprint density at radius 2 is 1.93 bits per heavy atom. The number of halogens is 1. The van der Waals surface area contributed by atoms with Crippen molar-refractivity contribution in [2.75, 3.05) is 31.6 Å². The van der Waals surface area contributed by atoms with Crippen LogP contribution in [0.15, 0.2) is 41.3 Å². The highest BCUT2D eigenvalue weighted by Crippen LogP contribution is 2.34. The number of nitrogens with zero attached hydrogens (tertiary/aromatic N) is 2.